The average molecular weight is 1890 g/mol. The van der Waals surface area contributed by atoms with Crippen LogP contribution in [0.15, 0.2) is 98.1 Å². The molecule has 662 valence electrons. The minimum atomic E-state index is -1.28. The molecule has 24 aliphatic heterocycles. The van der Waals surface area contributed by atoms with Crippen molar-refractivity contribution < 1.29 is 120 Å². The van der Waals surface area contributed by atoms with E-state index < -0.39 is 302 Å². The second kappa shape index (κ2) is 25.4. The molecule has 4 aromatic rings. The van der Waals surface area contributed by atoms with Crippen molar-refractivity contribution in [3.8, 4) is 22.3 Å². The van der Waals surface area contributed by atoms with Crippen molar-refractivity contribution in [2.45, 2.75) is 137 Å². The molecule has 4 aromatic heterocycles. The van der Waals surface area contributed by atoms with Crippen LogP contribution >= 0.6 is 0 Å². The number of nitrogens with zero attached hydrogens (tertiary/aromatic N) is 36. The Morgan fingerprint density at radius 2 is 0.289 bits per heavy atom. The molecule has 32 amide bonds. The second-order valence-electron chi connectivity index (χ2n) is 36.0. The van der Waals surface area contributed by atoms with Gasteiger partial charge in [-0.15, -0.1) is 0 Å². The van der Waals surface area contributed by atoms with E-state index in [1.807, 2.05) is 49.1 Å². The van der Waals surface area contributed by atoms with E-state index in [9.17, 15) is 0 Å². The van der Waals surface area contributed by atoms with Crippen LogP contribution in [0.1, 0.15) is 25.7 Å². The Kier molecular flexibility index (Phi) is 14.9. The summed E-state index contributed by atoms with van der Waals surface area (Å²) in [6.45, 7) is -6.73. The summed E-state index contributed by atoms with van der Waals surface area (Å²) in [5.41, 5.74) is 4.90. The molecule has 0 aromatic carbocycles. The summed E-state index contributed by atoms with van der Waals surface area (Å²) in [5, 5.41) is 0. The van der Waals surface area contributed by atoms with E-state index >= 15 is 76.7 Å². The molecule has 24 saturated heterocycles. The SMILES string of the molecule is O=C1N2CN3C(=O)N4CN5C(=O)N6CN7C(=O)N8CN9C(=O)N%10CN%11C(=O)N%12CN%13C(=O)N%14CN%15C(=O)N%16CN1C1C2N2CN%17C(=O)N(CN%18C(=O)N(CN%19C(=O)N(CN%20C(=O)N(CN%21C(=O)N(CN%22C(=O)N(CN%23C(=O)N(CN1C2=O)C%16C%15%23)C%14C%13%22)C%12C%11%21)C%10C9%20)C8C7%19)C6C5%18)C4C3%17.[Br-].[Br-].c1cc(-c2cc[n+](CCCCCC[n+]3ccc(-c4ccncc4)cc3)cc2)ccn1. The Morgan fingerprint density at radius 1 is 0.180 bits per heavy atom. The van der Waals surface area contributed by atoms with E-state index in [0.29, 0.717) is 0 Å². The van der Waals surface area contributed by atoms with E-state index in [1.54, 1.807) is 0 Å². The van der Waals surface area contributed by atoms with Crippen LogP contribution in [0.2, 0.25) is 0 Å². The van der Waals surface area contributed by atoms with Gasteiger partial charge in [0.15, 0.2) is 123 Å². The minimum Gasteiger partial charge on any atom is -1.00 e. The Labute approximate surface area is 743 Å². The van der Waals surface area contributed by atoms with Crippen LogP contribution in [-0.4, -0.2) is 469 Å². The standard InChI is InChI=1S/C48H48N32O16.C26H28N4.2BrH/c81-33-49-1-50-18-20-54(34(50)82)4-58-22-24-62(38(58)86)8-66-26-28-70(42(66)90)12-74-30-32-78(46(74)94)15-77-31-29-73(45(77)93)11-69-27-25-65(41(69)89)7-61-23-21-57(37(61)85)3-53(33)19-17(49)51-2-52(18)36(84)56(20)6-60(22)40(88)64(24)10-68(26)44(92)72(28)14-76(30)48(96)80(32)16-79(31)47(95)75(29)13-71(27)43(91)67(25)9-63(23)39(87)59(21)5-55(19)35(51)83;1(3-17-29-19-9-25(10-20-29)23-5-13-27-14-6-23)2-4-18-30-21-11-26(12-22-30)24-7-15-28-16-8-24;;/h17-32H,1-16H2;5-16,19-22H,1-4,17-18H2;2*1H/q;+2;;/p-2. The third-order valence-corrected chi connectivity index (χ3v) is 30.5. The van der Waals surface area contributed by atoms with Crippen LogP contribution in [-0.2, 0) is 13.1 Å². The van der Waals surface area contributed by atoms with Gasteiger partial charge < -0.3 is 34.0 Å². The summed E-state index contributed by atoms with van der Waals surface area (Å²) in [6.07, 6.45) is 0.574. The quantitative estimate of drug-likeness (QED) is 0.111. The lowest BCUT2D eigenvalue weighted by atomic mass is 10.1. The van der Waals surface area contributed by atoms with Crippen molar-refractivity contribution in [2.24, 2.45) is 0 Å². The maximum Gasteiger partial charge on any atom is 0.326 e. The number of hydrogen-bond donors (Lipinski definition) is 0. The van der Waals surface area contributed by atoms with Gasteiger partial charge in [0, 0.05) is 61.9 Å². The van der Waals surface area contributed by atoms with Crippen LogP contribution in [0, 0.1) is 0 Å². The highest BCUT2D eigenvalue weighted by molar-refractivity contribution is 5.97. The van der Waals surface area contributed by atoms with Gasteiger partial charge in [0.1, 0.15) is 120 Å². The average Bonchev–Trinajstić information content (AvgIpc) is 1.51. The molecular weight excluding hydrogens is 1810 g/mol. The first-order chi connectivity index (χ1) is 61.2. The number of halogens is 2. The van der Waals surface area contributed by atoms with Crippen molar-refractivity contribution in [3.05, 3.63) is 98.1 Å². The number of amides is 32. The molecule has 128 heavy (non-hydrogen) atoms. The summed E-state index contributed by atoms with van der Waals surface area (Å²) in [6, 6.07) is 5.03. The zero-order valence-corrected chi connectivity index (χ0v) is 70.6. The fourth-order valence-electron chi connectivity index (χ4n) is 25.0. The Morgan fingerprint density at radius 3 is 0.406 bits per heavy atom. The number of aromatic nitrogens is 4. The molecule has 0 unspecified atom stereocenters. The van der Waals surface area contributed by atoms with Gasteiger partial charge in [-0.05, 0) is 59.4 Å². The monoisotopic (exact) mass is 1880 g/mol. The molecule has 0 spiro atoms. The highest BCUT2D eigenvalue weighted by Gasteiger charge is 2.78. The molecular formula is C74H76Br2N36O16. The number of rotatable bonds is 9. The highest BCUT2D eigenvalue weighted by Crippen LogP contribution is 2.54. The van der Waals surface area contributed by atoms with Gasteiger partial charge in [-0.3, -0.25) is 167 Å². The first kappa shape index (κ1) is 75.2. The molecule has 0 bridgehead atoms. The number of carbonyl (C=O) groups is 16. The fourth-order valence-corrected chi connectivity index (χ4v) is 25.0. The van der Waals surface area contributed by atoms with Gasteiger partial charge in [-0.1, -0.05) is 0 Å². The highest BCUT2D eigenvalue weighted by atomic mass is 79.9. The van der Waals surface area contributed by atoms with Crippen LogP contribution in [0.3, 0.4) is 0 Å². The third kappa shape index (κ3) is 9.00. The molecule has 0 aliphatic carbocycles. The lowest BCUT2D eigenvalue weighted by Crippen LogP contribution is -3.00. The van der Waals surface area contributed by atoms with Crippen LogP contribution in [0.25, 0.3) is 22.3 Å². The van der Waals surface area contributed by atoms with Gasteiger partial charge in [0.2, 0.25) is 0 Å². The Balaban J connectivity index is 0.000000232. The Bertz CT molecular complexity index is 4470. The van der Waals surface area contributed by atoms with E-state index in [0.717, 1.165) is 13.1 Å². The lowest BCUT2D eigenvalue weighted by Gasteiger charge is -2.42. The molecule has 0 N–H and O–H groups in total. The van der Waals surface area contributed by atoms with Crippen LogP contribution in [0.4, 0.5) is 76.7 Å². The van der Waals surface area contributed by atoms with Crippen LogP contribution < -0.4 is 43.1 Å². The number of aryl methyl sites for hydroxylation is 2. The largest absolute Gasteiger partial charge is 1.00 e. The topological polar surface area (TPSA) is 410 Å². The molecule has 0 atom stereocenters. The van der Waals surface area contributed by atoms with E-state index in [-0.39, 0.29) is 34.0 Å². The minimum absolute atomic E-state index is 0. The fraction of sp³-hybridized carbons (Fsp3) is 0.514. The van der Waals surface area contributed by atoms with Crippen molar-refractivity contribution in [1.82, 2.24) is 167 Å². The first-order valence-electron chi connectivity index (χ1n) is 42.1. The van der Waals surface area contributed by atoms with Crippen LogP contribution in [0.5, 0.6) is 0 Å². The zero-order valence-electron chi connectivity index (χ0n) is 67.4. The summed E-state index contributed by atoms with van der Waals surface area (Å²) < 4.78 is 4.55. The van der Waals surface area contributed by atoms with E-state index in [2.05, 4.69) is 68.2 Å². The number of carbonyl (C=O) groups excluding carboxylic acids is 16. The molecule has 24 fully saturated rings. The lowest BCUT2D eigenvalue weighted by molar-refractivity contribution is -0.698. The first-order valence-corrected chi connectivity index (χ1v) is 42.1. The molecule has 0 saturated carbocycles. The normalized spacial score (nSPS) is 32.8. The van der Waals surface area contributed by atoms with E-state index in [1.165, 1.54) is 205 Å². The molecule has 28 rings (SSSR count). The zero-order chi connectivity index (χ0) is 84.7. The van der Waals surface area contributed by atoms with Crippen molar-refractivity contribution in [3.63, 3.8) is 0 Å². The third-order valence-electron chi connectivity index (χ3n) is 30.5. The van der Waals surface area contributed by atoms with Gasteiger partial charge in [0.05, 0.1) is 0 Å². The Hall–Kier alpha value is -14.1. The molecule has 0 radical (unpaired) electrons. The predicted octanol–water partition coefficient (Wildman–Crippen LogP) is -8.90. The maximum absolute atomic E-state index is 15.5. The second-order valence-corrected chi connectivity index (χ2v) is 36.0. The predicted molar refractivity (Wildman–Crippen MR) is 402 cm³/mol. The van der Waals surface area contributed by atoms with Crippen molar-refractivity contribution in [1.29, 1.82) is 0 Å². The van der Waals surface area contributed by atoms with Crippen molar-refractivity contribution >= 4 is 96.5 Å². The van der Waals surface area contributed by atoms with Gasteiger partial charge >= 0.3 is 96.5 Å². The molecule has 24 aliphatic rings. The van der Waals surface area contributed by atoms with Gasteiger partial charge in [-0.25, -0.2) is 85.8 Å². The molecule has 52 nitrogen and oxygen atoms in total. The van der Waals surface area contributed by atoms with Gasteiger partial charge in [0.25, 0.3) is 0 Å². The molecule has 54 heteroatoms. The maximum atomic E-state index is 15.5. The number of urea groups is 16. The summed E-state index contributed by atoms with van der Waals surface area (Å²) in [5.74, 6) is 0. The smallest absolute Gasteiger partial charge is 0.326 e. The number of hydrogen-bond acceptors (Lipinski definition) is 18. The van der Waals surface area contributed by atoms with E-state index in [4.69, 9.17) is 0 Å². The summed E-state index contributed by atoms with van der Waals surface area (Å²) in [4.78, 5) is 297. The summed E-state index contributed by atoms with van der Waals surface area (Å²) >= 11 is 0. The molecule has 28 heterocycles. The van der Waals surface area contributed by atoms with Gasteiger partial charge in [-0.2, -0.15) is 0 Å². The number of unbranched alkanes of at least 4 members (excludes halogenated alkanes) is 3. The summed E-state index contributed by atoms with van der Waals surface area (Å²) in [7, 11) is 0. The van der Waals surface area contributed by atoms with Crippen molar-refractivity contribution in [2.75, 3.05) is 107 Å². The number of pyridine rings is 4.